The molecule has 4 rings (SSSR count). The number of nitrogens with two attached hydrogens (primary N) is 1. The molecule has 0 heterocycles. The highest BCUT2D eigenvalue weighted by molar-refractivity contribution is 6.13. The Balaban J connectivity index is 2.05. The monoisotopic (exact) mass is 336 g/mol. The third-order valence-corrected chi connectivity index (χ3v) is 4.41. The van der Waals surface area contributed by atoms with E-state index >= 15 is 0 Å². The van der Waals surface area contributed by atoms with E-state index in [0.29, 0.717) is 0 Å². The van der Waals surface area contributed by atoms with Crippen LogP contribution in [0.4, 0.5) is 11.4 Å². The van der Waals surface area contributed by atoms with Gasteiger partial charge in [0.25, 0.3) is 0 Å². The molecule has 4 aromatic rings. The number of benzene rings is 4. The SMILES string of the molecule is N#CN=C(N)N(c1cccc2ccccc12)c1cccc2ccccc12. The summed E-state index contributed by atoms with van der Waals surface area (Å²) in [6.45, 7) is 0. The quantitative estimate of drug-likeness (QED) is 0.321. The van der Waals surface area contributed by atoms with Crippen molar-refractivity contribution < 1.29 is 0 Å². The predicted molar refractivity (Wildman–Crippen MR) is 107 cm³/mol. The molecule has 124 valence electrons. The number of hydrogen-bond donors (Lipinski definition) is 1. The predicted octanol–water partition coefficient (Wildman–Crippen LogP) is 4.93. The molecule has 0 bridgehead atoms. The summed E-state index contributed by atoms with van der Waals surface area (Å²) in [5.74, 6) is 0.139. The molecule has 0 saturated carbocycles. The van der Waals surface area contributed by atoms with E-state index in [1.54, 1.807) is 6.19 Å². The largest absolute Gasteiger partial charge is 0.368 e. The van der Waals surface area contributed by atoms with Gasteiger partial charge in [-0.15, -0.1) is 4.99 Å². The Morgan fingerprint density at radius 2 is 1.19 bits per heavy atom. The molecular formula is C22H16N4. The molecule has 0 aromatic heterocycles. The van der Waals surface area contributed by atoms with Gasteiger partial charge in [0.2, 0.25) is 12.2 Å². The number of hydrogen-bond acceptors (Lipinski definition) is 2. The van der Waals surface area contributed by atoms with Gasteiger partial charge in [0.05, 0.1) is 11.4 Å². The molecule has 4 nitrogen and oxygen atoms in total. The highest BCUT2D eigenvalue weighted by Gasteiger charge is 2.18. The zero-order valence-corrected chi connectivity index (χ0v) is 14.0. The lowest BCUT2D eigenvalue weighted by Crippen LogP contribution is -2.33. The average Bonchev–Trinajstić information content (AvgIpc) is 2.69. The van der Waals surface area contributed by atoms with Crippen LogP contribution < -0.4 is 10.6 Å². The van der Waals surface area contributed by atoms with Crippen molar-refractivity contribution >= 4 is 38.9 Å². The molecule has 0 aliphatic heterocycles. The number of nitrogens with zero attached hydrogens (tertiary/aromatic N) is 3. The lowest BCUT2D eigenvalue weighted by atomic mass is 10.0. The van der Waals surface area contributed by atoms with Crippen molar-refractivity contribution in [2.24, 2.45) is 10.7 Å². The van der Waals surface area contributed by atoms with Gasteiger partial charge < -0.3 is 5.73 Å². The van der Waals surface area contributed by atoms with E-state index in [-0.39, 0.29) is 5.96 Å². The van der Waals surface area contributed by atoms with Crippen LogP contribution in [0.1, 0.15) is 0 Å². The molecule has 2 N–H and O–H groups in total. The Bertz CT molecular complexity index is 1080. The van der Waals surface area contributed by atoms with E-state index in [2.05, 4.69) is 29.3 Å². The molecule has 0 spiro atoms. The van der Waals surface area contributed by atoms with Crippen LogP contribution in [-0.2, 0) is 0 Å². The van der Waals surface area contributed by atoms with Gasteiger partial charge in [-0.05, 0) is 22.9 Å². The third-order valence-electron chi connectivity index (χ3n) is 4.41. The van der Waals surface area contributed by atoms with Crippen LogP contribution in [0.3, 0.4) is 0 Å². The Morgan fingerprint density at radius 1 is 0.731 bits per heavy atom. The smallest absolute Gasteiger partial charge is 0.216 e. The van der Waals surface area contributed by atoms with E-state index in [9.17, 15) is 0 Å². The molecular weight excluding hydrogens is 320 g/mol. The first-order valence-corrected chi connectivity index (χ1v) is 8.27. The van der Waals surface area contributed by atoms with Crippen molar-refractivity contribution in [3.05, 3.63) is 84.9 Å². The van der Waals surface area contributed by atoms with Crippen LogP contribution in [0, 0.1) is 11.5 Å². The van der Waals surface area contributed by atoms with Crippen molar-refractivity contribution in [1.29, 1.82) is 5.26 Å². The maximum atomic E-state index is 9.06. The molecule has 0 atom stereocenters. The summed E-state index contributed by atoms with van der Waals surface area (Å²) in [4.78, 5) is 5.66. The van der Waals surface area contributed by atoms with E-state index in [4.69, 9.17) is 11.0 Å². The van der Waals surface area contributed by atoms with Gasteiger partial charge in [0.1, 0.15) is 0 Å². The van der Waals surface area contributed by atoms with Crippen LogP contribution >= 0.6 is 0 Å². The summed E-state index contributed by atoms with van der Waals surface area (Å²) < 4.78 is 0. The second kappa shape index (κ2) is 6.58. The molecule has 0 amide bonds. The van der Waals surface area contributed by atoms with E-state index in [1.807, 2.05) is 65.6 Å². The van der Waals surface area contributed by atoms with Gasteiger partial charge in [0.15, 0.2) is 0 Å². The number of guanidine groups is 1. The first-order valence-electron chi connectivity index (χ1n) is 8.27. The van der Waals surface area contributed by atoms with E-state index < -0.39 is 0 Å². The summed E-state index contributed by atoms with van der Waals surface area (Å²) in [5.41, 5.74) is 8.00. The van der Waals surface area contributed by atoms with Crippen LogP contribution in [0.25, 0.3) is 21.5 Å². The summed E-state index contributed by atoms with van der Waals surface area (Å²) in [7, 11) is 0. The lowest BCUT2D eigenvalue weighted by molar-refractivity contribution is 1.30. The fraction of sp³-hybridized carbons (Fsp3) is 0. The Hall–Kier alpha value is -3.84. The third kappa shape index (κ3) is 2.62. The molecule has 0 aliphatic carbocycles. The van der Waals surface area contributed by atoms with Gasteiger partial charge in [-0.3, -0.25) is 4.90 Å². The van der Waals surface area contributed by atoms with E-state index in [0.717, 1.165) is 32.9 Å². The first kappa shape index (κ1) is 15.7. The second-order valence-electron chi connectivity index (χ2n) is 5.90. The number of nitriles is 1. The van der Waals surface area contributed by atoms with Crippen molar-refractivity contribution in [2.45, 2.75) is 0 Å². The molecule has 0 saturated heterocycles. The maximum absolute atomic E-state index is 9.06. The normalized spacial score (nSPS) is 11.4. The van der Waals surface area contributed by atoms with Gasteiger partial charge in [-0.25, -0.2) is 0 Å². The van der Waals surface area contributed by atoms with Gasteiger partial charge >= 0.3 is 0 Å². The standard InChI is InChI=1S/C22H16N4/c23-15-25-22(24)26(20-13-5-9-16-7-1-3-11-18(16)20)21-14-6-10-17-8-2-4-12-19(17)21/h1-14H,(H2,24,25). The zero-order chi connectivity index (χ0) is 17.9. The molecule has 26 heavy (non-hydrogen) atoms. The summed E-state index contributed by atoms with van der Waals surface area (Å²) in [6, 6.07) is 28.2. The number of aliphatic imine (C=N–C) groups is 1. The average molecular weight is 336 g/mol. The van der Waals surface area contributed by atoms with Crippen LogP contribution in [0.15, 0.2) is 89.9 Å². The Labute approximate surface area is 151 Å². The molecule has 4 aromatic carbocycles. The Kier molecular flexibility index (Phi) is 3.97. The molecule has 0 aliphatic rings. The van der Waals surface area contributed by atoms with Gasteiger partial charge in [0, 0.05) is 10.8 Å². The Morgan fingerprint density at radius 3 is 1.69 bits per heavy atom. The summed E-state index contributed by atoms with van der Waals surface area (Å²) in [5, 5.41) is 13.3. The minimum Gasteiger partial charge on any atom is -0.368 e. The second-order valence-corrected chi connectivity index (χ2v) is 5.90. The van der Waals surface area contributed by atoms with Crippen molar-refractivity contribution in [3.8, 4) is 6.19 Å². The number of fused-ring (bicyclic) bond motifs is 2. The minimum absolute atomic E-state index is 0.139. The number of anilines is 2. The highest BCUT2D eigenvalue weighted by atomic mass is 15.3. The number of rotatable bonds is 2. The fourth-order valence-corrected chi connectivity index (χ4v) is 3.28. The summed E-state index contributed by atoms with van der Waals surface area (Å²) >= 11 is 0. The minimum atomic E-state index is 0.139. The van der Waals surface area contributed by atoms with Crippen molar-refractivity contribution in [1.82, 2.24) is 0 Å². The lowest BCUT2D eigenvalue weighted by Gasteiger charge is -2.26. The van der Waals surface area contributed by atoms with Crippen LogP contribution in [0.2, 0.25) is 0 Å². The van der Waals surface area contributed by atoms with Crippen LogP contribution in [-0.4, -0.2) is 5.96 Å². The highest BCUT2D eigenvalue weighted by Crippen LogP contribution is 2.36. The molecule has 4 heteroatoms. The van der Waals surface area contributed by atoms with Crippen LogP contribution in [0.5, 0.6) is 0 Å². The van der Waals surface area contributed by atoms with Gasteiger partial charge in [-0.1, -0.05) is 72.8 Å². The van der Waals surface area contributed by atoms with Crippen molar-refractivity contribution in [2.75, 3.05) is 4.90 Å². The van der Waals surface area contributed by atoms with E-state index in [1.165, 1.54) is 0 Å². The molecule has 0 unspecified atom stereocenters. The molecule has 0 fully saturated rings. The topological polar surface area (TPSA) is 65.4 Å². The maximum Gasteiger partial charge on any atom is 0.216 e. The fourth-order valence-electron chi connectivity index (χ4n) is 3.28. The van der Waals surface area contributed by atoms with Gasteiger partial charge in [-0.2, -0.15) is 5.26 Å². The first-order chi connectivity index (χ1) is 12.8. The van der Waals surface area contributed by atoms with Crippen molar-refractivity contribution in [3.63, 3.8) is 0 Å². The summed E-state index contributed by atoms with van der Waals surface area (Å²) in [6.07, 6.45) is 1.80. The molecule has 0 radical (unpaired) electrons. The zero-order valence-electron chi connectivity index (χ0n) is 14.0.